The lowest BCUT2D eigenvalue weighted by molar-refractivity contribution is -0.147. The van der Waals surface area contributed by atoms with E-state index in [0.717, 1.165) is 31.2 Å². The molecule has 1 heterocycles. The van der Waals surface area contributed by atoms with Crippen molar-refractivity contribution >= 4 is 28.0 Å². The summed E-state index contributed by atoms with van der Waals surface area (Å²) in [6.07, 6.45) is 6.63. The molecule has 1 amide bonds. The summed E-state index contributed by atoms with van der Waals surface area (Å²) in [6, 6.07) is 15.9. The topological polar surface area (TPSA) is 84.0 Å². The molecule has 1 saturated heterocycles. The molecule has 2 aromatic rings. The predicted molar refractivity (Wildman–Crippen MR) is 127 cm³/mol. The zero-order chi connectivity index (χ0) is 23.7. The van der Waals surface area contributed by atoms with Gasteiger partial charge < -0.3 is 9.64 Å². The Kier molecular flexibility index (Phi) is 8.79. The van der Waals surface area contributed by atoms with Crippen LogP contribution in [0.1, 0.15) is 36.8 Å². The fourth-order valence-corrected chi connectivity index (χ4v) is 5.10. The molecule has 0 aromatic heterocycles. The van der Waals surface area contributed by atoms with E-state index in [-0.39, 0.29) is 17.4 Å². The Morgan fingerprint density at radius 1 is 0.970 bits per heavy atom. The molecule has 8 heteroatoms. The molecule has 0 aliphatic carbocycles. The number of carbonyl (C=O) groups excluding carboxylic acids is 2. The maximum Gasteiger partial charge on any atom is 0.331 e. The molecule has 0 spiro atoms. The first-order valence-corrected chi connectivity index (χ1v) is 12.5. The number of likely N-dealkylation sites (N-methyl/N-ethyl adjacent to an activating group) is 1. The molecular formula is C25H30N2O5S. The van der Waals surface area contributed by atoms with E-state index in [4.69, 9.17) is 4.74 Å². The summed E-state index contributed by atoms with van der Waals surface area (Å²) in [5, 5.41) is 0. The standard InChI is InChI=1S/C25H30N2O5S/c1-26(19-22-9-5-4-6-10-22)24(28)20-32-25(29)16-13-21-11-14-23(15-12-21)33(30,31)27-17-7-2-3-8-18-27/h4-6,9-16H,2-3,7-8,17-20H2,1H3. The van der Waals surface area contributed by atoms with Gasteiger partial charge in [-0.3, -0.25) is 4.79 Å². The van der Waals surface area contributed by atoms with Crippen LogP contribution in [0, 0.1) is 0 Å². The number of amides is 1. The minimum atomic E-state index is -3.51. The largest absolute Gasteiger partial charge is 0.452 e. The van der Waals surface area contributed by atoms with Crippen molar-refractivity contribution in [2.24, 2.45) is 0 Å². The Morgan fingerprint density at radius 2 is 1.61 bits per heavy atom. The van der Waals surface area contributed by atoms with E-state index < -0.39 is 16.0 Å². The van der Waals surface area contributed by atoms with Gasteiger partial charge in [0.1, 0.15) is 0 Å². The third-order valence-corrected chi connectivity index (χ3v) is 7.43. The number of esters is 1. The average Bonchev–Trinajstić information content (AvgIpc) is 3.12. The van der Waals surface area contributed by atoms with Crippen LogP contribution in [-0.4, -0.2) is 56.2 Å². The highest BCUT2D eigenvalue weighted by atomic mass is 32.2. The van der Waals surface area contributed by atoms with Crippen molar-refractivity contribution in [1.82, 2.24) is 9.21 Å². The van der Waals surface area contributed by atoms with Gasteiger partial charge in [-0.15, -0.1) is 0 Å². The molecule has 176 valence electrons. The van der Waals surface area contributed by atoms with Crippen LogP contribution in [0.25, 0.3) is 6.08 Å². The normalized spacial score (nSPS) is 15.2. The first kappa shape index (κ1) is 24.7. The number of nitrogens with zero attached hydrogens (tertiary/aromatic N) is 2. The van der Waals surface area contributed by atoms with Gasteiger partial charge in [-0.25, -0.2) is 13.2 Å². The molecule has 0 bridgehead atoms. The highest BCUT2D eigenvalue weighted by molar-refractivity contribution is 7.89. The summed E-state index contributed by atoms with van der Waals surface area (Å²) >= 11 is 0. The third kappa shape index (κ3) is 7.27. The minimum Gasteiger partial charge on any atom is -0.452 e. The molecule has 7 nitrogen and oxygen atoms in total. The van der Waals surface area contributed by atoms with Crippen LogP contribution in [0.4, 0.5) is 0 Å². The Hall–Kier alpha value is -2.97. The Morgan fingerprint density at radius 3 is 2.24 bits per heavy atom. The minimum absolute atomic E-state index is 0.246. The first-order valence-electron chi connectivity index (χ1n) is 11.1. The van der Waals surface area contributed by atoms with Crippen molar-refractivity contribution in [2.45, 2.75) is 37.1 Å². The molecule has 0 radical (unpaired) electrons. The van der Waals surface area contributed by atoms with Gasteiger partial charge in [-0.1, -0.05) is 55.3 Å². The molecule has 33 heavy (non-hydrogen) atoms. The molecule has 0 unspecified atom stereocenters. The summed E-state index contributed by atoms with van der Waals surface area (Å²) in [5.74, 6) is -0.943. The fourth-order valence-electron chi connectivity index (χ4n) is 3.58. The third-order valence-electron chi connectivity index (χ3n) is 5.52. The van der Waals surface area contributed by atoms with Crippen molar-refractivity contribution in [2.75, 3.05) is 26.7 Å². The Labute approximate surface area is 195 Å². The second-order valence-corrected chi connectivity index (χ2v) is 10.0. The molecule has 0 atom stereocenters. The van der Waals surface area contributed by atoms with Gasteiger partial charge in [0.25, 0.3) is 5.91 Å². The lowest BCUT2D eigenvalue weighted by atomic mass is 10.2. The van der Waals surface area contributed by atoms with Crippen LogP contribution in [-0.2, 0) is 30.9 Å². The van der Waals surface area contributed by atoms with E-state index in [1.807, 2.05) is 30.3 Å². The Balaban J connectivity index is 1.50. The van der Waals surface area contributed by atoms with Gasteiger partial charge >= 0.3 is 5.97 Å². The van der Waals surface area contributed by atoms with Crippen LogP contribution in [0.2, 0.25) is 0 Å². The van der Waals surface area contributed by atoms with Crippen molar-refractivity contribution in [3.63, 3.8) is 0 Å². The van der Waals surface area contributed by atoms with Crippen molar-refractivity contribution in [3.8, 4) is 0 Å². The van der Waals surface area contributed by atoms with Crippen LogP contribution in [0.5, 0.6) is 0 Å². The average molecular weight is 471 g/mol. The van der Waals surface area contributed by atoms with E-state index in [9.17, 15) is 18.0 Å². The van der Waals surface area contributed by atoms with E-state index in [1.165, 1.54) is 17.1 Å². The summed E-state index contributed by atoms with van der Waals surface area (Å²) < 4.78 is 32.3. The van der Waals surface area contributed by atoms with Gasteiger partial charge in [0.05, 0.1) is 4.90 Å². The van der Waals surface area contributed by atoms with Crippen LogP contribution in [0.15, 0.2) is 65.6 Å². The molecule has 2 aromatic carbocycles. The molecule has 1 aliphatic heterocycles. The summed E-state index contributed by atoms with van der Waals surface area (Å²) in [6.45, 7) is 1.18. The van der Waals surface area contributed by atoms with Gasteiger partial charge in [0.15, 0.2) is 6.61 Å². The second-order valence-electron chi connectivity index (χ2n) is 8.06. The maximum absolute atomic E-state index is 12.8. The van der Waals surface area contributed by atoms with Crippen LogP contribution < -0.4 is 0 Å². The Bertz CT molecular complexity index is 1060. The number of hydrogen-bond donors (Lipinski definition) is 0. The number of carbonyl (C=O) groups is 2. The lowest BCUT2D eigenvalue weighted by Gasteiger charge is -2.19. The number of sulfonamides is 1. The van der Waals surface area contributed by atoms with E-state index in [2.05, 4.69) is 0 Å². The SMILES string of the molecule is CN(Cc1ccccc1)C(=O)COC(=O)C=Cc1ccc(S(=O)(=O)N2CCCCCC2)cc1. The number of ether oxygens (including phenoxy) is 1. The van der Waals surface area contributed by atoms with Crippen LogP contribution in [0.3, 0.4) is 0 Å². The van der Waals surface area contributed by atoms with Crippen molar-refractivity contribution < 1.29 is 22.7 Å². The van der Waals surface area contributed by atoms with E-state index in [1.54, 1.807) is 35.6 Å². The summed E-state index contributed by atoms with van der Waals surface area (Å²) in [5.41, 5.74) is 1.65. The van der Waals surface area contributed by atoms with E-state index >= 15 is 0 Å². The van der Waals surface area contributed by atoms with Gasteiger partial charge in [-0.05, 0) is 42.2 Å². The zero-order valence-electron chi connectivity index (χ0n) is 18.9. The fraction of sp³-hybridized carbons (Fsp3) is 0.360. The van der Waals surface area contributed by atoms with Gasteiger partial charge in [0, 0.05) is 32.8 Å². The molecular weight excluding hydrogens is 440 g/mol. The predicted octanol–water partition coefficient (Wildman–Crippen LogP) is 3.47. The van der Waals surface area contributed by atoms with Gasteiger partial charge in [-0.2, -0.15) is 4.31 Å². The van der Waals surface area contributed by atoms with Crippen molar-refractivity contribution in [1.29, 1.82) is 0 Å². The van der Waals surface area contributed by atoms with Crippen LogP contribution >= 0.6 is 0 Å². The monoisotopic (exact) mass is 470 g/mol. The molecule has 0 saturated carbocycles. The lowest BCUT2D eigenvalue weighted by Crippen LogP contribution is -2.31. The second kappa shape index (κ2) is 11.8. The smallest absolute Gasteiger partial charge is 0.331 e. The zero-order valence-corrected chi connectivity index (χ0v) is 19.7. The molecule has 1 aliphatic rings. The molecule has 1 fully saturated rings. The maximum atomic E-state index is 12.8. The number of benzene rings is 2. The number of rotatable bonds is 8. The van der Waals surface area contributed by atoms with Crippen molar-refractivity contribution in [3.05, 3.63) is 71.8 Å². The molecule has 3 rings (SSSR count). The highest BCUT2D eigenvalue weighted by Crippen LogP contribution is 2.21. The summed E-state index contributed by atoms with van der Waals surface area (Å²) in [4.78, 5) is 25.9. The summed E-state index contributed by atoms with van der Waals surface area (Å²) in [7, 11) is -1.85. The number of hydrogen-bond acceptors (Lipinski definition) is 5. The van der Waals surface area contributed by atoms with E-state index in [0.29, 0.717) is 25.2 Å². The first-order chi connectivity index (χ1) is 15.9. The quantitative estimate of drug-likeness (QED) is 0.436. The highest BCUT2D eigenvalue weighted by Gasteiger charge is 2.24. The molecule has 0 N–H and O–H groups in total. The van der Waals surface area contributed by atoms with Gasteiger partial charge in [0.2, 0.25) is 10.0 Å².